The molecule has 90 valence electrons. The molecule has 17 heavy (non-hydrogen) atoms. The zero-order chi connectivity index (χ0) is 12.1. The normalized spacial score (nSPS) is 18.0. The fourth-order valence-electron chi connectivity index (χ4n) is 2.15. The Hall–Kier alpha value is -1.46. The smallest absolute Gasteiger partial charge is 0.125 e. The number of benzene rings is 1. The van der Waals surface area contributed by atoms with Gasteiger partial charge in [-0.1, -0.05) is 24.3 Å². The molecule has 0 amide bonds. The molecule has 1 fully saturated rings. The van der Waals surface area contributed by atoms with Gasteiger partial charge in [-0.15, -0.1) is 0 Å². The number of hydrogen-bond acceptors (Lipinski definition) is 2. The summed E-state index contributed by atoms with van der Waals surface area (Å²) in [4.78, 5) is 0. The van der Waals surface area contributed by atoms with Crippen LogP contribution < -0.4 is 4.74 Å². The van der Waals surface area contributed by atoms with Crippen LogP contribution >= 0.6 is 0 Å². The molecule has 1 aliphatic carbocycles. The van der Waals surface area contributed by atoms with Crippen molar-refractivity contribution in [3.63, 3.8) is 0 Å². The number of aliphatic hydroxyl groups is 1. The van der Waals surface area contributed by atoms with Gasteiger partial charge in [0.25, 0.3) is 0 Å². The Bertz CT molecular complexity index is 434. The van der Waals surface area contributed by atoms with E-state index < -0.39 is 5.60 Å². The Morgan fingerprint density at radius 2 is 2.00 bits per heavy atom. The van der Waals surface area contributed by atoms with E-state index in [2.05, 4.69) is 11.8 Å². The summed E-state index contributed by atoms with van der Waals surface area (Å²) in [5, 5.41) is 10.3. The van der Waals surface area contributed by atoms with Crippen molar-refractivity contribution in [3.8, 4) is 17.6 Å². The van der Waals surface area contributed by atoms with Crippen LogP contribution in [-0.4, -0.2) is 17.8 Å². The quantitative estimate of drug-likeness (QED) is 0.752. The summed E-state index contributed by atoms with van der Waals surface area (Å²) in [5.41, 5.74) is 0.116. The molecule has 1 aromatic carbocycles. The maximum absolute atomic E-state index is 10.3. The van der Waals surface area contributed by atoms with Gasteiger partial charge in [-0.05, 0) is 43.9 Å². The van der Waals surface area contributed by atoms with Gasteiger partial charge in [-0.3, -0.25) is 0 Å². The van der Waals surface area contributed by atoms with Gasteiger partial charge in [0, 0.05) is 5.56 Å². The lowest BCUT2D eigenvalue weighted by molar-refractivity contribution is 0.0610. The highest BCUT2D eigenvalue weighted by Crippen LogP contribution is 2.27. The molecule has 2 rings (SSSR count). The van der Waals surface area contributed by atoms with Gasteiger partial charge < -0.3 is 9.84 Å². The zero-order valence-electron chi connectivity index (χ0n) is 10.2. The molecule has 2 nitrogen and oxygen atoms in total. The third-order valence-corrected chi connectivity index (χ3v) is 3.19. The van der Waals surface area contributed by atoms with Crippen molar-refractivity contribution in [1.29, 1.82) is 0 Å². The fraction of sp³-hybridized carbons (Fsp3) is 0.467. The number of hydrogen-bond donors (Lipinski definition) is 1. The fourth-order valence-corrected chi connectivity index (χ4v) is 2.15. The summed E-state index contributed by atoms with van der Waals surface area (Å²) in [6, 6.07) is 7.62. The first-order chi connectivity index (χ1) is 8.22. The summed E-state index contributed by atoms with van der Waals surface area (Å²) in [6.45, 7) is 0. The maximum atomic E-state index is 10.3. The van der Waals surface area contributed by atoms with Gasteiger partial charge in [0.15, 0.2) is 0 Å². The van der Waals surface area contributed by atoms with Crippen molar-refractivity contribution in [2.45, 2.75) is 37.7 Å². The molecule has 1 N–H and O–H groups in total. The zero-order valence-corrected chi connectivity index (χ0v) is 10.2. The van der Waals surface area contributed by atoms with Crippen molar-refractivity contribution in [1.82, 2.24) is 0 Å². The maximum Gasteiger partial charge on any atom is 0.125 e. The van der Waals surface area contributed by atoms with Crippen LogP contribution in [0.3, 0.4) is 0 Å². The number of methoxy groups -OCH3 is 1. The van der Waals surface area contributed by atoms with Crippen molar-refractivity contribution < 1.29 is 9.84 Å². The molecule has 1 aromatic rings. The molecular formula is C15H18O2. The van der Waals surface area contributed by atoms with Crippen LogP contribution in [0.25, 0.3) is 0 Å². The third-order valence-electron chi connectivity index (χ3n) is 3.19. The molecule has 0 aromatic heterocycles. The van der Waals surface area contributed by atoms with Gasteiger partial charge in [-0.2, -0.15) is 0 Å². The summed E-state index contributed by atoms with van der Waals surface area (Å²) in [7, 11) is 1.64. The molecule has 0 aliphatic heterocycles. The minimum Gasteiger partial charge on any atom is -0.497 e. The first-order valence-corrected chi connectivity index (χ1v) is 6.11. The number of rotatable bonds is 1. The lowest BCUT2D eigenvalue weighted by Gasteiger charge is -2.26. The Kier molecular flexibility index (Phi) is 3.71. The molecule has 1 aliphatic rings. The summed E-state index contributed by atoms with van der Waals surface area (Å²) < 4.78 is 5.14. The molecule has 0 spiro atoms. The molecule has 0 saturated heterocycles. The van der Waals surface area contributed by atoms with E-state index in [0.717, 1.165) is 37.0 Å². The van der Waals surface area contributed by atoms with E-state index in [9.17, 15) is 5.11 Å². The minimum atomic E-state index is -0.776. The summed E-state index contributed by atoms with van der Waals surface area (Å²) in [6.07, 6.45) is 4.95. The van der Waals surface area contributed by atoms with E-state index in [1.807, 2.05) is 24.3 Å². The highest BCUT2D eigenvalue weighted by Gasteiger charge is 2.26. The minimum absolute atomic E-state index is 0.776. The monoisotopic (exact) mass is 230 g/mol. The largest absolute Gasteiger partial charge is 0.497 e. The average Bonchev–Trinajstić information content (AvgIpc) is 2.38. The van der Waals surface area contributed by atoms with Crippen LogP contribution in [0.4, 0.5) is 0 Å². The van der Waals surface area contributed by atoms with Gasteiger partial charge in [0.2, 0.25) is 0 Å². The summed E-state index contributed by atoms with van der Waals surface area (Å²) >= 11 is 0. The van der Waals surface area contributed by atoms with Crippen molar-refractivity contribution in [3.05, 3.63) is 29.8 Å². The van der Waals surface area contributed by atoms with Crippen molar-refractivity contribution in [2.24, 2.45) is 0 Å². The Morgan fingerprint density at radius 3 is 2.71 bits per heavy atom. The van der Waals surface area contributed by atoms with Crippen molar-refractivity contribution >= 4 is 0 Å². The second-order valence-corrected chi connectivity index (χ2v) is 4.57. The first kappa shape index (κ1) is 12.0. The van der Waals surface area contributed by atoms with Crippen LogP contribution in [0.15, 0.2) is 24.3 Å². The van der Waals surface area contributed by atoms with E-state index >= 15 is 0 Å². The van der Waals surface area contributed by atoms with Gasteiger partial charge >= 0.3 is 0 Å². The predicted molar refractivity (Wildman–Crippen MR) is 67.9 cm³/mol. The van der Waals surface area contributed by atoms with E-state index in [0.29, 0.717) is 0 Å². The molecule has 1 saturated carbocycles. The SMILES string of the molecule is COc1cccc(C#CC2(O)CCCCC2)c1. The Balaban J connectivity index is 2.14. The van der Waals surface area contributed by atoms with Crippen LogP contribution in [0.5, 0.6) is 5.75 Å². The second kappa shape index (κ2) is 5.25. The number of ether oxygens (including phenoxy) is 1. The van der Waals surface area contributed by atoms with Crippen LogP contribution in [-0.2, 0) is 0 Å². The van der Waals surface area contributed by atoms with Crippen molar-refractivity contribution in [2.75, 3.05) is 7.11 Å². The van der Waals surface area contributed by atoms with E-state index in [1.165, 1.54) is 6.42 Å². The second-order valence-electron chi connectivity index (χ2n) is 4.57. The molecule has 0 radical (unpaired) electrons. The van der Waals surface area contributed by atoms with Gasteiger partial charge in [0.05, 0.1) is 7.11 Å². The molecule has 0 heterocycles. The van der Waals surface area contributed by atoms with Gasteiger partial charge in [0.1, 0.15) is 11.4 Å². The molecule has 0 unspecified atom stereocenters. The van der Waals surface area contributed by atoms with Gasteiger partial charge in [-0.25, -0.2) is 0 Å². The molecule has 2 heteroatoms. The van der Waals surface area contributed by atoms with Crippen LogP contribution in [0.2, 0.25) is 0 Å². The lowest BCUT2D eigenvalue weighted by atomic mass is 9.85. The predicted octanol–water partition coefficient (Wildman–Crippen LogP) is 2.74. The highest BCUT2D eigenvalue weighted by molar-refractivity contribution is 5.41. The first-order valence-electron chi connectivity index (χ1n) is 6.11. The van der Waals surface area contributed by atoms with E-state index in [1.54, 1.807) is 7.11 Å². The lowest BCUT2D eigenvalue weighted by Crippen LogP contribution is -2.29. The highest BCUT2D eigenvalue weighted by atomic mass is 16.5. The van der Waals surface area contributed by atoms with E-state index in [-0.39, 0.29) is 0 Å². The summed E-state index contributed by atoms with van der Waals surface area (Å²) in [5.74, 6) is 6.86. The molecule has 0 atom stereocenters. The standard InChI is InChI=1S/C15H18O2/c1-17-14-7-5-6-13(12-14)8-11-15(16)9-3-2-4-10-15/h5-7,12,16H,2-4,9-10H2,1H3. The molecular weight excluding hydrogens is 212 g/mol. The topological polar surface area (TPSA) is 29.5 Å². The van der Waals surface area contributed by atoms with Crippen LogP contribution in [0.1, 0.15) is 37.7 Å². The Labute approximate surface area is 103 Å². The third kappa shape index (κ3) is 3.25. The average molecular weight is 230 g/mol. The molecule has 0 bridgehead atoms. The van der Waals surface area contributed by atoms with E-state index in [4.69, 9.17) is 4.74 Å². The van der Waals surface area contributed by atoms with Crippen LogP contribution in [0, 0.1) is 11.8 Å². The Morgan fingerprint density at radius 1 is 1.24 bits per heavy atom.